The largest absolute Gasteiger partial charge is 0.324 e. The zero-order valence-corrected chi connectivity index (χ0v) is 17.9. The molecule has 4 rings (SSSR count). The molecule has 0 saturated carbocycles. The van der Waals surface area contributed by atoms with Crippen LogP contribution < -0.4 is 10.2 Å². The number of para-hydroxylation sites is 2. The molecule has 7 heteroatoms. The fourth-order valence-electron chi connectivity index (χ4n) is 4.19. The van der Waals surface area contributed by atoms with Crippen LogP contribution in [0.25, 0.3) is 0 Å². The Morgan fingerprint density at radius 3 is 2.43 bits per heavy atom. The van der Waals surface area contributed by atoms with Gasteiger partial charge in [-0.15, -0.1) is 0 Å². The predicted octanol–water partition coefficient (Wildman–Crippen LogP) is 3.22. The number of hydrogen-bond donors (Lipinski definition) is 1. The third-order valence-corrected chi connectivity index (χ3v) is 6.02. The lowest BCUT2D eigenvalue weighted by Gasteiger charge is -2.36. The van der Waals surface area contributed by atoms with Crippen LogP contribution in [-0.4, -0.2) is 60.4 Å². The number of piperazine rings is 1. The molecule has 158 valence electrons. The van der Waals surface area contributed by atoms with Crippen LogP contribution in [0.4, 0.5) is 11.4 Å². The van der Waals surface area contributed by atoms with E-state index in [0.717, 1.165) is 43.4 Å². The van der Waals surface area contributed by atoms with Gasteiger partial charge in [0.2, 0.25) is 11.8 Å². The summed E-state index contributed by atoms with van der Waals surface area (Å²) in [5.41, 5.74) is 2.73. The molecule has 0 spiro atoms. The lowest BCUT2D eigenvalue weighted by Crippen LogP contribution is -2.51. The van der Waals surface area contributed by atoms with Gasteiger partial charge in [-0.1, -0.05) is 35.9 Å². The molecular formula is C23H27ClN4O2. The molecule has 2 aliphatic rings. The zero-order chi connectivity index (χ0) is 21.1. The van der Waals surface area contributed by atoms with Crippen molar-refractivity contribution in [3.8, 4) is 0 Å². The molecule has 0 radical (unpaired) electrons. The number of nitrogens with one attached hydrogen (secondary N) is 1. The topological polar surface area (TPSA) is 55.9 Å². The van der Waals surface area contributed by atoms with Gasteiger partial charge in [0.1, 0.15) is 0 Å². The van der Waals surface area contributed by atoms with E-state index in [1.165, 1.54) is 5.56 Å². The minimum absolute atomic E-state index is 0.0394. The van der Waals surface area contributed by atoms with Gasteiger partial charge in [0, 0.05) is 50.2 Å². The predicted molar refractivity (Wildman–Crippen MR) is 120 cm³/mol. The van der Waals surface area contributed by atoms with Crippen molar-refractivity contribution in [2.24, 2.45) is 0 Å². The highest BCUT2D eigenvalue weighted by atomic mass is 35.5. The maximum Gasteiger partial charge on any atom is 0.241 e. The number of hydrogen-bond acceptors (Lipinski definition) is 4. The summed E-state index contributed by atoms with van der Waals surface area (Å²) < 4.78 is 0. The Morgan fingerprint density at radius 2 is 1.70 bits per heavy atom. The Bertz CT molecular complexity index is 910. The minimum Gasteiger partial charge on any atom is -0.324 e. The molecule has 2 heterocycles. The zero-order valence-electron chi connectivity index (χ0n) is 17.2. The summed E-state index contributed by atoms with van der Waals surface area (Å²) in [6, 6.07) is 15.3. The number of carbonyl (C=O) groups is 2. The monoisotopic (exact) mass is 426 g/mol. The van der Waals surface area contributed by atoms with E-state index in [1.54, 1.807) is 4.90 Å². The van der Waals surface area contributed by atoms with Crippen LogP contribution in [0.3, 0.4) is 0 Å². The molecule has 2 aliphatic heterocycles. The standard InChI is InChI=1S/C23H27ClN4O2/c1-17-14-22(29)25-20-4-2-3-5-21(20)28(17)23(30)16-27-12-10-26(11-13-27)15-18-6-8-19(24)9-7-18/h2-9,17H,10-16H2,1H3,(H,25,29)/t17-/m0/s1. The van der Waals surface area contributed by atoms with E-state index in [2.05, 4.69) is 27.2 Å². The first kappa shape index (κ1) is 20.8. The van der Waals surface area contributed by atoms with Crippen LogP contribution in [0.5, 0.6) is 0 Å². The molecule has 2 aromatic rings. The maximum atomic E-state index is 13.2. The number of halogens is 1. The van der Waals surface area contributed by atoms with E-state index in [-0.39, 0.29) is 17.9 Å². The second-order valence-corrected chi connectivity index (χ2v) is 8.50. The van der Waals surface area contributed by atoms with E-state index >= 15 is 0 Å². The van der Waals surface area contributed by atoms with Gasteiger partial charge in [0.05, 0.1) is 17.9 Å². The van der Waals surface area contributed by atoms with E-state index in [0.29, 0.717) is 18.7 Å². The van der Waals surface area contributed by atoms with Crippen LogP contribution in [0.2, 0.25) is 5.02 Å². The number of fused-ring (bicyclic) bond motifs is 1. The molecule has 0 unspecified atom stereocenters. The van der Waals surface area contributed by atoms with Crippen LogP contribution in [0.1, 0.15) is 18.9 Å². The average Bonchev–Trinajstić information content (AvgIpc) is 2.85. The highest BCUT2D eigenvalue weighted by molar-refractivity contribution is 6.30. The number of benzene rings is 2. The summed E-state index contributed by atoms with van der Waals surface area (Å²) in [6.07, 6.45) is 0.301. The van der Waals surface area contributed by atoms with E-state index in [9.17, 15) is 9.59 Å². The Morgan fingerprint density at radius 1 is 1.03 bits per heavy atom. The van der Waals surface area contributed by atoms with Crippen molar-refractivity contribution in [1.29, 1.82) is 0 Å². The molecule has 1 saturated heterocycles. The first-order valence-electron chi connectivity index (χ1n) is 10.4. The van der Waals surface area contributed by atoms with Crippen molar-refractivity contribution in [3.05, 3.63) is 59.1 Å². The van der Waals surface area contributed by atoms with E-state index in [4.69, 9.17) is 11.6 Å². The van der Waals surface area contributed by atoms with Crippen LogP contribution in [0.15, 0.2) is 48.5 Å². The first-order chi connectivity index (χ1) is 14.5. The number of rotatable bonds is 4. The van der Waals surface area contributed by atoms with Crippen molar-refractivity contribution < 1.29 is 9.59 Å². The first-order valence-corrected chi connectivity index (χ1v) is 10.8. The fraction of sp³-hybridized carbons (Fsp3) is 0.391. The highest BCUT2D eigenvalue weighted by Gasteiger charge is 2.31. The van der Waals surface area contributed by atoms with Gasteiger partial charge >= 0.3 is 0 Å². The molecule has 6 nitrogen and oxygen atoms in total. The van der Waals surface area contributed by atoms with E-state index in [1.807, 2.05) is 43.3 Å². The van der Waals surface area contributed by atoms with Crippen molar-refractivity contribution >= 4 is 34.8 Å². The summed E-state index contributed by atoms with van der Waals surface area (Å²) in [4.78, 5) is 31.8. The second kappa shape index (κ2) is 9.16. The number of nitrogens with zero attached hydrogens (tertiary/aromatic N) is 3. The Kier molecular flexibility index (Phi) is 6.37. The molecule has 30 heavy (non-hydrogen) atoms. The quantitative estimate of drug-likeness (QED) is 0.815. The summed E-state index contributed by atoms with van der Waals surface area (Å²) in [7, 11) is 0. The summed E-state index contributed by atoms with van der Waals surface area (Å²) in [5.74, 6) is -0.0151. The molecule has 0 bridgehead atoms. The SMILES string of the molecule is C[C@H]1CC(=O)Nc2ccccc2N1C(=O)CN1CCN(Cc2ccc(Cl)cc2)CC1. The molecule has 0 aromatic heterocycles. The fourth-order valence-corrected chi connectivity index (χ4v) is 4.31. The molecule has 1 atom stereocenters. The molecular weight excluding hydrogens is 400 g/mol. The van der Waals surface area contributed by atoms with Crippen LogP contribution in [0, 0.1) is 0 Å². The number of carbonyl (C=O) groups excluding carboxylic acids is 2. The molecule has 0 aliphatic carbocycles. The van der Waals surface area contributed by atoms with Crippen LogP contribution >= 0.6 is 11.6 Å². The third kappa shape index (κ3) is 4.83. The lowest BCUT2D eigenvalue weighted by atomic mass is 10.1. The molecule has 2 aromatic carbocycles. The minimum atomic E-state index is -0.174. The van der Waals surface area contributed by atoms with Crippen LogP contribution in [-0.2, 0) is 16.1 Å². The Hall–Kier alpha value is -2.41. The number of anilines is 2. The summed E-state index contributed by atoms with van der Waals surface area (Å²) in [5, 5.41) is 3.67. The average molecular weight is 427 g/mol. The van der Waals surface area contributed by atoms with Crippen molar-refractivity contribution in [2.75, 3.05) is 42.9 Å². The van der Waals surface area contributed by atoms with Gasteiger partial charge < -0.3 is 10.2 Å². The summed E-state index contributed by atoms with van der Waals surface area (Å²) in [6.45, 7) is 6.72. The Balaban J connectivity index is 1.36. The molecule has 2 amide bonds. The molecule has 1 fully saturated rings. The smallest absolute Gasteiger partial charge is 0.241 e. The maximum absolute atomic E-state index is 13.2. The van der Waals surface area contributed by atoms with Gasteiger partial charge in [-0.2, -0.15) is 0 Å². The van der Waals surface area contributed by atoms with Crippen molar-refractivity contribution in [1.82, 2.24) is 9.80 Å². The lowest BCUT2D eigenvalue weighted by molar-refractivity contribution is -0.120. The number of amides is 2. The van der Waals surface area contributed by atoms with Gasteiger partial charge in [0.25, 0.3) is 0 Å². The normalized spacial score (nSPS) is 20.4. The highest BCUT2D eigenvalue weighted by Crippen LogP contribution is 2.31. The van der Waals surface area contributed by atoms with Gasteiger partial charge in [-0.05, 0) is 36.8 Å². The Labute approximate surface area is 182 Å². The molecule has 1 N–H and O–H groups in total. The van der Waals surface area contributed by atoms with Crippen molar-refractivity contribution in [2.45, 2.75) is 25.9 Å². The summed E-state index contributed by atoms with van der Waals surface area (Å²) >= 11 is 5.97. The van der Waals surface area contributed by atoms with Gasteiger partial charge in [-0.3, -0.25) is 19.4 Å². The van der Waals surface area contributed by atoms with E-state index < -0.39 is 0 Å². The van der Waals surface area contributed by atoms with Crippen molar-refractivity contribution in [3.63, 3.8) is 0 Å². The second-order valence-electron chi connectivity index (χ2n) is 8.06. The third-order valence-electron chi connectivity index (χ3n) is 5.77. The van der Waals surface area contributed by atoms with Gasteiger partial charge in [0.15, 0.2) is 0 Å². The van der Waals surface area contributed by atoms with Gasteiger partial charge in [-0.25, -0.2) is 0 Å².